The molecule has 2 aromatic carbocycles. The van der Waals surface area contributed by atoms with Crippen LogP contribution in [0.5, 0.6) is 0 Å². The third-order valence-corrected chi connectivity index (χ3v) is 4.61. The number of ether oxygens (including phenoxy) is 1. The number of cyclic esters (lactones) is 1. The molecule has 1 aliphatic heterocycles. The average Bonchev–Trinajstić information content (AvgIpc) is 2.99. The van der Waals surface area contributed by atoms with Gasteiger partial charge in [0.15, 0.2) is 0 Å². The first kappa shape index (κ1) is 20.8. The second-order valence-corrected chi connectivity index (χ2v) is 6.69. The number of halogens is 5. The molecule has 1 unspecified atom stereocenters. The lowest BCUT2D eigenvalue weighted by atomic mass is 9.93. The number of imide groups is 1. The molecule has 0 saturated carbocycles. The number of alkyl halides is 3. The average molecular weight is 413 g/mol. The zero-order chi connectivity index (χ0) is 21.2. The predicted octanol–water partition coefficient (Wildman–Crippen LogP) is 4.59. The van der Waals surface area contributed by atoms with Crippen molar-refractivity contribution in [2.75, 3.05) is 6.61 Å². The minimum absolute atomic E-state index is 0.148. The summed E-state index contributed by atoms with van der Waals surface area (Å²) >= 11 is 0. The van der Waals surface area contributed by atoms with E-state index in [0.717, 1.165) is 5.56 Å². The molecule has 29 heavy (non-hydrogen) atoms. The lowest BCUT2D eigenvalue weighted by Crippen LogP contribution is -2.42. The Morgan fingerprint density at radius 1 is 1.10 bits per heavy atom. The van der Waals surface area contributed by atoms with E-state index in [1.54, 1.807) is 30.3 Å². The highest BCUT2D eigenvalue weighted by molar-refractivity contribution is 5.94. The Hall–Kier alpha value is -2.97. The fraction of sp³-hybridized carbons (Fsp3) is 0.300. The highest BCUT2D eigenvalue weighted by atomic mass is 19.4. The van der Waals surface area contributed by atoms with Crippen LogP contribution in [0.15, 0.2) is 48.5 Å². The first-order valence-electron chi connectivity index (χ1n) is 8.70. The Bertz CT molecular complexity index is 880. The molecule has 0 radical (unpaired) electrons. The van der Waals surface area contributed by atoms with Gasteiger partial charge in [0.1, 0.15) is 18.2 Å². The highest BCUT2D eigenvalue weighted by Crippen LogP contribution is 2.39. The standard InChI is InChI=1S/C20H16F5NO3/c21-14-7-13(8-15(22)9-14)17(20(23,24)25)10-18(27)26-16(11-29-19(26)28)6-12-4-2-1-3-5-12/h1-5,7-9,16-17H,6,10-11H2/t16?,17-/m0/s1. The van der Waals surface area contributed by atoms with E-state index in [2.05, 4.69) is 0 Å². The molecule has 0 spiro atoms. The number of benzene rings is 2. The Morgan fingerprint density at radius 3 is 2.31 bits per heavy atom. The maximum absolute atomic E-state index is 13.5. The summed E-state index contributed by atoms with van der Waals surface area (Å²) in [5.41, 5.74) is 0.0451. The summed E-state index contributed by atoms with van der Waals surface area (Å²) in [6.45, 7) is -0.148. The summed E-state index contributed by atoms with van der Waals surface area (Å²) in [5, 5.41) is 0. The fourth-order valence-corrected chi connectivity index (χ4v) is 3.27. The molecular weight excluding hydrogens is 397 g/mol. The van der Waals surface area contributed by atoms with Crippen molar-refractivity contribution in [2.45, 2.75) is 31.0 Å². The van der Waals surface area contributed by atoms with Gasteiger partial charge in [0.25, 0.3) is 0 Å². The largest absolute Gasteiger partial charge is 0.447 e. The Morgan fingerprint density at radius 2 is 1.72 bits per heavy atom. The van der Waals surface area contributed by atoms with Gasteiger partial charge in [-0.3, -0.25) is 4.79 Å². The number of rotatable bonds is 5. The molecule has 9 heteroatoms. The fourth-order valence-electron chi connectivity index (χ4n) is 3.27. The maximum atomic E-state index is 13.5. The zero-order valence-electron chi connectivity index (χ0n) is 15.0. The maximum Gasteiger partial charge on any atom is 0.416 e. The number of hydrogen-bond acceptors (Lipinski definition) is 3. The molecule has 1 heterocycles. The molecule has 2 aromatic rings. The summed E-state index contributed by atoms with van der Waals surface area (Å²) in [7, 11) is 0. The van der Waals surface area contributed by atoms with E-state index in [1.807, 2.05) is 0 Å². The minimum Gasteiger partial charge on any atom is -0.447 e. The molecule has 0 aliphatic carbocycles. The van der Waals surface area contributed by atoms with Crippen molar-refractivity contribution in [1.82, 2.24) is 4.90 Å². The number of amides is 2. The van der Waals surface area contributed by atoms with Crippen LogP contribution in [0.25, 0.3) is 0 Å². The SMILES string of the molecule is O=C(C[C@@H](c1cc(F)cc(F)c1)C(F)(F)F)N1C(=O)OCC1Cc1ccccc1. The molecule has 0 N–H and O–H groups in total. The normalized spacial score (nSPS) is 17.9. The van der Waals surface area contributed by atoms with E-state index >= 15 is 0 Å². The molecule has 3 rings (SSSR count). The van der Waals surface area contributed by atoms with Gasteiger partial charge in [0.2, 0.25) is 5.91 Å². The van der Waals surface area contributed by atoms with Crippen molar-refractivity contribution < 1.29 is 36.3 Å². The molecule has 4 nitrogen and oxygen atoms in total. The number of carbonyl (C=O) groups is 2. The molecule has 1 saturated heterocycles. The van der Waals surface area contributed by atoms with Crippen LogP contribution in [0, 0.1) is 11.6 Å². The van der Waals surface area contributed by atoms with Gasteiger partial charge in [-0.2, -0.15) is 13.2 Å². The van der Waals surface area contributed by atoms with Crippen LogP contribution >= 0.6 is 0 Å². The number of carbonyl (C=O) groups excluding carboxylic acids is 2. The van der Waals surface area contributed by atoms with Crippen molar-refractivity contribution in [3.63, 3.8) is 0 Å². The zero-order valence-corrected chi connectivity index (χ0v) is 15.0. The molecule has 2 atom stereocenters. The van der Waals surface area contributed by atoms with E-state index in [9.17, 15) is 31.5 Å². The molecule has 2 amide bonds. The molecule has 0 bridgehead atoms. The Kier molecular flexibility index (Phi) is 5.86. The smallest absolute Gasteiger partial charge is 0.416 e. The van der Waals surface area contributed by atoms with E-state index in [1.165, 1.54) is 0 Å². The van der Waals surface area contributed by atoms with Gasteiger partial charge < -0.3 is 4.74 Å². The predicted molar refractivity (Wildman–Crippen MR) is 91.9 cm³/mol. The highest BCUT2D eigenvalue weighted by Gasteiger charge is 2.46. The van der Waals surface area contributed by atoms with Gasteiger partial charge in [-0.1, -0.05) is 30.3 Å². The second-order valence-electron chi connectivity index (χ2n) is 6.69. The summed E-state index contributed by atoms with van der Waals surface area (Å²) in [6, 6.07) is 9.49. The minimum atomic E-state index is -4.95. The van der Waals surface area contributed by atoms with Crippen LogP contribution in [-0.4, -0.2) is 35.7 Å². The molecule has 154 valence electrons. The van der Waals surface area contributed by atoms with E-state index in [0.29, 0.717) is 23.1 Å². The van der Waals surface area contributed by atoms with Crippen LogP contribution < -0.4 is 0 Å². The Balaban J connectivity index is 1.83. The van der Waals surface area contributed by atoms with Crippen molar-refractivity contribution in [1.29, 1.82) is 0 Å². The Labute approximate surface area is 162 Å². The van der Waals surface area contributed by atoms with Gasteiger partial charge in [0.05, 0.1) is 12.0 Å². The van der Waals surface area contributed by atoms with E-state index in [4.69, 9.17) is 4.74 Å². The van der Waals surface area contributed by atoms with Gasteiger partial charge in [0, 0.05) is 12.5 Å². The van der Waals surface area contributed by atoms with Crippen molar-refractivity contribution >= 4 is 12.0 Å². The summed E-state index contributed by atoms with van der Waals surface area (Å²) in [4.78, 5) is 25.2. The van der Waals surface area contributed by atoms with Crippen LogP contribution in [0.2, 0.25) is 0 Å². The quantitative estimate of drug-likeness (QED) is 0.674. The first-order chi connectivity index (χ1) is 13.6. The molecular formula is C20H16F5NO3. The van der Waals surface area contributed by atoms with Gasteiger partial charge in [-0.25, -0.2) is 18.5 Å². The lowest BCUT2D eigenvalue weighted by molar-refractivity contribution is -0.160. The van der Waals surface area contributed by atoms with Crippen molar-refractivity contribution in [3.8, 4) is 0 Å². The summed E-state index contributed by atoms with van der Waals surface area (Å²) in [5.74, 6) is -5.97. The summed E-state index contributed by atoms with van der Waals surface area (Å²) < 4.78 is 72.2. The van der Waals surface area contributed by atoms with Crippen LogP contribution in [0.4, 0.5) is 26.7 Å². The van der Waals surface area contributed by atoms with Crippen LogP contribution in [0.1, 0.15) is 23.5 Å². The van der Waals surface area contributed by atoms with Gasteiger partial charge >= 0.3 is 12.3 Å². The van der Waals surface area contributed by atoms with Crippen LogP contribution in [0.3, 0.4) is 0 Å². The third kappa shape index (κ3) is 4.90. The molecule has 0 aromatic heterocycles. The van der Waals surface area contributed by atoms with Crippen molar-refractivity contribution in [2.24, 2.45) is 0 Å². The van der Waals surface area contributed by atoms with E-state index < -0.39 is 53.8 Å². The van der Waals surface area contributed by atoms with E-state index in [-0.39, 0.29) is 13.0 Å². The van der Waals surface area contributed by atoms with Gasteiger partial charge in [-0.05, 0) is 29.7 Å². The lowest BCUT2D eigenvalue weighted by Gasteiger charge is -2.24. The number of nitrogens with zero attached hydrogens (tertiary/aromatic N) is 1. The summed E-state index contributed by atoms with van der Waals surface area (Å²) in [6.07, 6.45) is -6.95. The molecule has 1 aliphatic rings. The van der Waals surface area contributed by atoms with Crippen LogP contribution in [-0.2, 0) is 16.0 Å². The topological polar surface area (TPSA) is 46.6 Å². The third-order valence-electron chi connectivity index (χ3n) is 4.61. The van der Waals surface area contributed by atoms with Crippen molar-refractivity contribution in [3.05, 3.63) is 71.3 Å². The first-order valence-corrected chi connectivity index (χ1v) is 8.70. The number of hydrogen-bond donors (Lipinski definition) is 0. The second kappa shape index (κ2) is 8.18. The molecule has 1 fully saturated rings. The monoisotopic (exact) mass is 413 g/mol. The van der Waals surface area contributed by atoms with Gasteiger partial charge in [-0.15, -0.1) is 0 Å².